The van der Waals surface area contributed by atoms with Crippen LogP contribution in [0.1, 0.15) is 41.5 Å². The van der Waals surface area contributed by atoms with Gasteiger partial charge in [-0.1, -0.05) is 0 Å². The van der Waals surface area contributed by atoms with Gasteiger partial charge in [0, 0.05) is 5.56 Å². The van der Waals surface area contributed by atoms with Gasteiger partial charge in [0.05, 0.1) is 11.1 Å². The van der Waals surface area contributed by atoms with Gasteiger partial charge in [-0.05, 0) is 45.0 Å². The second-order valence-corrected chi connectivity index (χ2v) is 4.73. The van der Waals surface area contributed by atoms with Gasteiger partial charge in [-0.15, -0.1) is 0 Å². The Balaban J connectivity index is 2.95. The predicted octanol–water partition coefficient (Wildman–Crippen LogP) is 1.50. The van der Waals surface area contributed by atoms with E-state index in [0.29, 0.717) is 5.56 Å². The lowest BCUT2D eigenvalue weighted by Crippen LogP contribution is -2.50. The van der Waals surface area contributed by atoms with E-state index >= 15 is 0 Å². The Morgan fingerprint density at radius 2 is 1.53 bits per heavy atom. The van der Waals surface area contributed by atoms with Gasteiger partial charge >= 0.3 is 5.97 Å². The highest BCUT2D eigenvalue weighted by molar-refractivity contribution is 5.95. The third kappa shape index (κ3) is 3.04. The van der Waals surface area contributed by atoms with Crippen LogP contribution in [0.3, 0.4) is 0 Å². The summed E-state index contributed by atoms with van der Waals surface area (Å²) < 4.78 is 0. The molecule has 0 atom stereocenters. The molecule has 0 unspecified atom stereocenters. The average molecular weight is 236 g/mol. The molecule has 0 heterocycles. The van der Waals surface area contributed by atoms with Crippen LogP contribution in [0.25, 0.3) is 0 Å². The molecule has 1 aromatic carbocycles. The number of hydrogen-bond acceptors (Lipinski definition) is 3. The highest BCUT2D eigenvalue weighted by Crippen LogP contribution is 2.13. The molecule has 0 fully saturated rings. The van der Waals surface area contributed by atoms with Crippen LogP contribution >= 0.6 is 0 Å². The molecule has 0 bridgehead atoms. The molecule has 3 N–H and O–H groups in total. The van der Waals surface area contributed by atoms with Crippen molar-refractivity contribution in [2.24, 2.45) is 5.84 Å². The second kappa shape index (κ2) is 4.55. The second-order valence-electron chi connectivity index (χ2n) is 4.73. The van der Waals surface area contributed by atoms with Crippen molar-refractivity contribution < 1.29 is 14.7 Å². The largest absolute Gasteiger partial charge is 0.478 e. The Morgan fingerprint density at radius 1 is 1.12 bits per heavy atom. The number of nitrogens with zero attached hydrogens (tertiary/aromatic N) is 1. The summed E-state index contributed by atoms with van der Waals surface area (Å²) in [6.45, 7) is 5.45. The molecule has 5 nitrogen and oxygen atoms in total. The Kier molecular flexibility index (Phi) is 3.53. The molecule has 17 heavy (non-hydrogen) atoms. The first-order valence-electron chi connectivity index (χ1n) is 5.16. The summed E-state index contributed by atoms with van der Waals surface area (Å²) in [6.07, 6.45) is 0. The summed E-state index contributed by atoms with van der Waals surface area (Å²) in [5.41, 5.74) is 0.0241. The van der Waals surface area contributed by atoms with Crippen LogP contribution in [0.4, 0.5) is 0 Å². The van der Waals surface area contributed by atoms with Crippen LogP contribution in [0.15, 0.2) is 24.3 Å². The van der Waals surface area contributed by atoms with Crippen molar-refractivity contribution in [1.82, 2.24) is 5.01 Å². The molecule has 0 aliphatic rings. The molecular weight excluding hydrogens is 220 g/mol. The molecule has 0 spiro atoms. The van der Waals surface area contributed by atoms with E-state index in [-0.39, 0.29) is 11.5 Å². The molecule has 1 rings (SSSR count). The first-order chi connectivity index (χ1) is 7.73. The summed E-state index contributed by atoms with van der Waals surface area (Å²) in [7, 11) is 0. The zero-order chi connectivity index (χ0) is 13.2. The minimum atomic E-state index is -1.02. The van der Waals surface area contributed by atoms with Crippen molar-refractivity contribution in [3.8, 4) is 0 Å². The maximum atomic E-state index is 11.9. The number of carboxylic acids is 1. The molecular formula is C12H16N2O3. The maximum absolute atomic E-state index is 11.9. The normalized spacial score (nSPS) is 11.1. The Hall–Kier alpha value is -1.88. The van der Waals surface area contributed by atoms with Crippen LogP contribution in [0.2, 0.25) is 0 Å². The predicted molar refractivity (Wildman–Crippen MR) is 63.5 cm³/mol. The quantitative estimate of drug-likeness (QED) is 0.463. The van der Waals surface area contributed by atoms with Gasteiger partial charge in [0.2, 0.25) is 0 Å². The lowest BCUT2D eigenvalue weighted by atomic mass is 10.1. The smallest absolute Gasteiger partial charge is 0.335 e. The number of rotatable bonds is 2. The SMILES string of the molecule is CC(C)(C)N(N)C(=O)c1ccc(C(=O)O)cc1. The number of carbonyl (C=O) groups is 2. The van der Waals surface area contributed by atoms with Crippen molar-refractivity contribution in [3.05, 3.63) is 35.4 Å². The summed E-state index contributed by atoms with van der Waals surface area (Å²) in [4.78, 5) is 22.6. The number of aromatic carboxylic acids is 1. The monoisotopic (exact) mass is 236 g/mol. The van der Waals surface area contributed by atoms with Crippen molar-refractivity contribution in [2.45, 2.75) is 26.3 Å². The van der Waals surface area contributed by atoms with Gasteiger partial charge in [-0.3, -0.25) is 9.80 Å². The molecule has 1 amide bonds. The van der Waals surface area contributed by atoms with E-state index in [4.69, 9.17) is 10.9 Å². The molecule has 0 saturated carbocycles. The van der Waals surface area contributed by atoms with E-state index in [9.17, 15) is 9.59 Å². The minimum Gasteiger partial charge on any atom is -0.478 e. The van der Waals surface area contributed by atoms with E-state index < -0.39 is 11.5 Å². The molecule has 0 radical (unpaired) electrons. The number of benzene rings is 1. The Morgan fingerprint density at radius 3 is 1.88 bits per heavy atom. The first-order valence-corrected chi connectivity index (χ1v) is 5.16. The third-order valence-electron chi connectivity index (χ3n) is 2.32. The molecule has 0 aliphatic heterocycles. The lowest BCUT2D eigenvalue weighted by Gasteiger charge is -2.31. The van der Waals surface area contributed by atoms with Gasteiger partial charge in [0.15, 0.2) is 0 Å². The van der Waals surface area contributed by atoms with Gasteiger partial charge in [0.25, 0.3) is 5.91 Å². The summed E-state index contributed by atoms with van der Waals surface area (Å²) >= 11 is 0. The fourth-order valence-electron chi connectivity index (χ4n) is 1.20. The molecule has 92 valence electrons. The highest BCUT2D eigenvalue weighted by atomic mass is 16.4. The minimum absolute atomic E-state index is 0.140. The maximum Gasteiger partial charge on any atom is 0.335 e. The summed E-state index contributed by atoms with van der Waals surface area (Å²) in [6, 6.07) is 5.67. The fraction of sp³-hybridized carbons (Fsp3) is 0.333. The van der Waals surface area contributed by atoms with E-state index in [1.54, 1.807) is 0 Å². The Labute approximate surface area is 99.8 Å². The van der Waals surface area contributed by atoms with Crippen LogP contribution in [-0.4, -0.2) is 27.5 Å². The van der Waals surface area contributed by atoms with Gasteiger partial charge in [-0.25, -0.2) is 10.6 Å². The van der Waals surface area contributed by atoms with Crippen molar-refractivity contribution in [3.63, 3.8) is 0 Å². The Bertz CT molecular complexity index is 432. The molecule has 0 aliphatic carbocycles. The van der Waals surface area contributed by atoms with Crippen molar-refractivity contribution >= 4 is 11.9 Å². The topological polar surface area (TPSA) is 83.6 Å². The number of amides is 1. The summed E-state index contributed by atoms with van der Waals surface area (Å²) in [5, 5.41) is 9.86. The zero-order valence-electron chi connectivity index (χ0n) is 10.1. The number of carbonyl (C=O) groups excluding carboxylic acids is 1. The highest BCUT2D eigenvalue weighted by Gasteiger charge is 2.24. The van der Waals surface area contributed by atoms with Gasteiger partial charge < -0.3 is 5.11 Å². The van der Waals surface area contributed by atoms with Crippen LogP contribution < -0.4 is 5.84 Å². The van der Waals surface area contributed by atoms with Crippen molar-refractivity contribution in [1.29, 1.82) is 0 Å². The zero-order valence-corrected chi connectivity index (χ0v) is 10.1. The standard InChI is InChI=1S/C12H16N2O3/c1-12(2,3)14(13)10(15)8-4-6-9(7-5-8)11(16)17/h4-7H,13H2,1-3H3,(H,16,17). The van der Waals surface area contributed by atoms with Crippen LogP contribution in [-0.2, 0) is 0 Å². The number of nitrogens with two attached hydrogens (primary N) is 1. The van der Waals surface area contributed by atoms with Crippen LogP contribution in [0.5, 0.6) is 0 Å². The first kappa shape index (κ1) is 13.2. The fourth-order valence-corrected chi connectivity index (χ4v) is 1.20. The molecule has 1 aromatic rings. The van der Waals surface area contributed by atoms with E-state index in [2.05, 4.69) is 0 Å². The van der Waals surface area contributed by atoms with E-state index in [0.717, 1.165) is 5.01 Å². The number of hydrogen-bond donors (Lipinski definition) is 2. The lowest BCUT2D eigenvalue weighted by molar-refractivity contribution is 0.0580. The molecule has 5 heteroatoms. The van der Waals surface area contributed by atoms with Crippen LogP contribution in [0, 0.1) is 0 Å². The number of carboxylic acid groups (broad SMARTS) is 1. The van der Waals surface area contributed by atoms with Gasteiger partial charge in [0.1, 0.15) is 0 Å². The average Bonchev–Trinajstić information content (AvgIpc) is 2.26. The summed E-state index contributed by atoms with van der Waals surface area (Å²) in [5.74, 6) is 4.33. The molecule has 0 saturated heterocycles. The van der Waals surface area contributed by atoms with E-state index in [1.165, 1.54) is 24.3 Å². The molecule has 0 aromatic heterocycles. The number of hydrazine groups is 1. The van der Waals surface area contributed by atoms with Crippen molar-refractivity contribution in [2.75, 3.05) is 0 Å². The van der Waals surface area contributed by atoms with E-state index in [1.807, 2.05) is 20.8 Å². The third-order valence-corrected chi connectivity index (χ3v) is 2.32. The van der Waals surface area contributed by atoms with Gasteiger partial charge in [-0.2, -0.15) is 0 Å².